The summed E-state index contributed by atoms with van der Waals surface area (Å²) < 4.78 is 0. The van der Waals surface area contributed by atoms with Gasteiger partial charge in [-0.2, -0.15) is 0 Å². The van der Waals surface area contributed by atoms with E-state index in [1.807, 2.05) is 12.1 Å². The van der Waals surface area contributed by atoms with Crippen LogP contribution < -0.4 is 10.2 Å². The zero-order valence-electron chi connectivity index (χ0n) is 14.3. The Morgan fingerprint density at radius 3 is 2.46 bits per heavy atom. The van der Waals surface area contributed by atoms with Crippen LogP contribution in [0.4, 0.5) is 11.4 Å². The maximum absolute atomic E-state index is 12.3. The molecule has 6 nitrogen and oxygen atoms in total. The minimum atomic E-state index is -0.549. The third-order valence-electron chi connectivity index (χ3n) is 4.52. The normalized spacial score (nSPS) is 14.1. The highest BCUT2D eigenvalue weighted by molar-refractivity contribution is 6.33. The monoisotopic (exact) mass is 373 g/mol. The van der Waals surface area contributed by atoms with Crippen molar-refractivity contribution >= 4 is 28.9 Å². The van der Waals surface area contributed by atoms with Crippen LogP contribution in [0.15, 0.2) is 42.5 Å². The topological polar surface area (TPSA) is 75.5 Å². The van der Waals surface area contributed by atoms with Gasteiger partial charge >= 0.3 is 0 Å². The smallest absolute Gasteiger partial charge is 0.270 e. The summed E-state index contributed by atoms with van der Waals surface area (Å²) in [6.45, 7) is 2.50. The number of nitro groups is 1. The zero-order chi connectivity index (χ0) is 18.5. The summed E-state index contributed by atoms with van der Waals surface area (Å²) in [7, 11) is 0. The van der Waals surface area contributed by atoms with Crippen LogP contribution in [0, 0.1) is 10.1 Å². The van der Waals surface area contributed by atoms with E-state index >= 15 is 0 Å². The Labute approximate surface area is 156 Å². The van der Waals surface area contributed by atoms with Crippen LogP contribution >= 0.6 is 11.6 Å². The number of nitrogens with one attached hydrogen (secondary N) is 1. The number of nitro benzene ring substituents is 1. The van der Waals surface area contributed by atoms with E-state index in [1.54, 1.807) is 0 Å². The molecule has 0 bridgehead atoms. The van der Waals surface area contributed by atoms with Crippen LogP contribution in [0.2, 0.25) is 5.02 Å². The third kappa shape index (κ3) is 4.32. The quantitative estimate of drug-likeness (QED) is 0.630. The molecule has 2 aromatic rings. The lowest BCUT2D eigenvalue weighted by molar-refractivity contribution is -0.384. The SMILES string of the molecule is O=C(NCc1ccc(N2CCCCC2)cc1)c1cc([N+](=O)[O-])ccc1Cl. The van der Waals surface area contributed by atoms with Gasteiger partial charge in [-0.15, -0.1) is 0 Å². The predicted octanol–water partition coefficient (Wildman–Crippen LogP) is 4.17. The second kappa shape index (κ2) is 8.19. The number of halogens is 1. The molecule has 136 valence electrons. The number of non-ortho nitro benzene ring substituents is 1. The summed E-state index contributed by atoms with van der Waals surface area (Å²) in [5.74, 6) is -0.432. The molecule has 1 fully saturated rings. The summed E-state index contributed by atoms with van der Waals surface area (Å²) in [4.78, 5) is 25.0. The first-order valence-electron chi connectivity index (χ1n) is 8.60. The number of piperidine rings is 1. The fourth-order valence-electron chi connectivity index (χ4n) is 3.06. The molecule has 0 radical (unpaired) electrons. The highest BCUT2D eigenvalue weighted by Gasteiger charge is 2.16. The van der Waals surface area contributed by atoms with Crippen LogP contribution in [0.1, 0.15) is 35.2 Å². The van der Waals surface area contributed by atoms with E-state index < -0.39 is 10.8 Å². The molecule has 0 unspecified atom stereocenters. The number of hydrogen-bond acceptors (Lipinski definition) is 4. The maximum Gasteiger partial charge on any atom is 0.270 e. The molecule has 1 saturated heterocycles. The minimum Gasteiger partial charge on any atom is -0.372 e. The molecule has 0 saturated carbocycles. The molecule has 2 aromatic carbocycles. The van der Waals surface area contributed by atoms with E-state index in [-0.39, 0.29) is 16.3 Å². The number of anilines is 1. The molecule has 7 heteroatoms. The Hall–Kier alpha value is -2.60. The van der Waals surface area contributed by atoms with E-state index in [4.69, 9.17) is 11.6 Å². The molecule has 1 heterocycles. The summed E-state index contributed by atoms with van der Waals surface area (Å²) in [5.41, 5.74) is 2.10. The molecule has 26 heavy (non-hydrogen) atoms. The Kier molecular flexibility index (Phi) is 5.73. The number of rotatable bonds is 5. The Balaban J connectivity index is 1.62. The first-order chi connectivity index (χ1) is 12.5. The van der Waals surface area contributed by atoms with E-state index in [0.29, 0.717) is 6.54 Å². The van der Waals surface area contributed by atoms with Gasteiger partial charge in [0.05, 0.1) is 15.5 Å². The van der Waals surface area contributed by atoms with Crippen LogP contribution in [-0.4, -0.2) is 23.9 Å². The molecular weight excluding hydrogens is 354 g/mol. The molecular formula is C19H20ClN3O3. The van der Waals surface area contributed by atoms with Gasteiger partial charge in [-0.25, -0.2) is 0 Å². The number of nitrogens with zero attached hydrogens (tertiary/aromatic N) is 2. The highest BCUT2D eigenvalue weighted by atomic mass is 35.5. The average Bonchev–Trinajstić information content (AvgIpc) is 2.67. The molecule has 1 aliphatic heterocycles. The van der Waals surface area contributed by atoms with Crippen molar-refractivity contribution in [3.63, 3.8) is 0 Å². The van der Waals surface area contributed by atoms with Crippen molar-refractivity contribution in [2.24, 2.45) is 0 Å². The van der Waals surface area contributed by atoms with Crippen molar-refractivity contribution < 1.29 is 9.72 Å². The molecule has 0 spiro atoms. The van der Waals surface area contributed by atoms with Crippen molar-refractivity contribution in [2.45, 2.75) is 25.8 Å². The number of carbonyl (C=O) groups excluding carboxylic acids is 1. The van der Waals surface area contributed by atoms with Crippen LogP contribution in [0.25, 0.3) is 0 Å². The first kappa shape index (κ1) is 18.2. The second-order valence-corrected chi connectivity index (χ2v) is 6.73. The zero-order valence-corrected chi connectivity index (χ0v) is 15.0. The summed E-state index contributed by atoms with van der Waals surface area (Å²) in [5, 5.41) is 13.8. The predicted molar refractivity (Wildman–Crippen MR) is 102 cm³/mol. The Bertz CT molecular complexity index is 802. The van der Waals surface area contributed by atoms with Gasteiger partial charge in [0.25, 0.3) is 11.6 Å². The largest absolute Gasteiger partial charge is 0.372 e. The Morgan fingerprint density at radius 1 is 1.12 bits per heavy atom. The van der Waals surface area contributed by atoms with Crippen molar-refractivity contribution in [1.29, 1.82) is 0 Å². The second-order valence-electron chi connectivity index (χ2n) is 6.32. The van der Waals surface area contributed by atoms with E-state index in [1.165, 1.54) is 43.1 Å². The third-order valence-corrected chi connectivity index (χ3v) is 4.85. The molecule has 0 atom stereocenters. The minimum absolute atomic E-state index is 0.103. The standard InChI is InChI=1S/C19H20ClN3O3/c20-18-9-8-16(23(25)26)12-17(18)19(24)21-13-14-4-6-15(7-5-14)22-10-2-1-3-11-22/h4-9,12H,1-3,10-11,13H2,(H,21,24). The molecule has 3 rings (SSSR count). The van der Waals surface area contributed by atoms with Gasteiger partial charge in [0.15, 0.2) is 0 Å². The molecule has 1 N–H and O–H groups in total. The molecule has 1 aliphatic rings. The molecule has 0 aromatic heterocycles. The van der Waals surface area contributed by atoms with Gasteiger partial charge < -0.3 is 10.2 Å². The van der Waals surface area contributed by atoms with Gasteiger partial charge in [-0.05, 0) is 43.0 Å². The first-order valence-corrected chi connectivity index (χ1v) is 8.98. The van der Waals surface area contributed by atoms with Crippen LogP contribution in [0.3, 0.4) is 0 Å². The van der Waals surface area contributed by atoms with Crippen LogP contribution in [-0.2, 0) is 6.54 Å². The summed E-state index contributed by atoms with van der Waals surface area (Å²) in [6, 6.07) is 11.9. The van der Waals surface area contributed by atoms with Crippen molar-refractivity contribution in [3.05, 3.63) is 68.7 Å². The molecule has 0 aliphatic carbocycles. The number of benzene rings is 2. The fraction of sp³-hybridized carbons (Fsp3) is 0.316. The number of amides is 1. The number of hydrogen-bond donors (Lipinski definition) is 1. The molecule has 1 amide bonds. The van der Waals surface area contributed by atoms with Gasteiger partial charge in [0.1, 0.15) is 0 Å². The fourth-order valence-corrected chi connectivity index (χ4v) is 3.26. The van der Waals surface area contributed by atoms with Gasteiger partial charge in [0.2, 0.25) is 0 Å². The summed E-state index contributed by atoms with van der Waals surface area (Å²) >= 11 is 6.00. The lowest BCUT2D eigenvalue weighted by Gasteiger charge is -2.28. The summed E-state index contributed by atoms with van der Waals surface area (Å²) in [6.07, 6.45) is 3.74. The van der Waals surface area contributed by atoms with Crippen molar-refractivity contribution in [1.82, 2.24) is 5.32 Å². The van der Waals surface area contributed by atoms with Crippen LogP contribution in [0.5, 0.6) is 0 Å². The maximum atomic E-state index is 12.3. The van der Waals surface area contributed by atoms with E-state index in [2.05, 4.69) is 22.3 Å². The van der Waals surface area contributed by atoms with Crippen molar-refractivity contribution in [3.8, 4) is 0 Å². The van der Waals surface area contributed by atoms with Gasteiger partial charge in [-0.3, -0.25) is 14.9 Å². The average molecular weight is 374 g/mol. The van der Waals surface area contributed by atoms with Crippen molar-refractivity contribution in [2.75, 3.05) is 18.0 Å². The van der Waals surface area contributed by atoms with E-state index in [0.717, 1.165) is 18.7 Å². The lowest BCUT2D eigenvalue weighted by atomic mass is 10.1. The van der Waals surface area contributed by atoms with Gasteiger partial charge in [0, 0.05) is 37.5 Å². The number of carbonyl (C=O) groups is 1. The Morgan fingerprint density at radius 2 is 1.81 bits per heavy atom. The van der Waals surface area contributed by atoms with Gasteiger partial charge in [-0.1, -0.05) is 23.7 Å². The van der Waals surface area contributed by atoms with E-state index in [9.17, 15) is 14.9 Å². The lowest BCUT2D eigenvalue weighted by Crippen LogP contribution is -2.29. The highest BCUT2D eigenvalue weighted by Crippen LogP contribution is 2.23.